The third-order valence-electron chi connectivity index (χ3n) is 3.15. The maximum Gasteiger partial charge on any atom is 0.339 e. The van der Waals surface area contributed by atoms with Gasteiger partial charge in [-0.1, -0.05) is 12.1 Å². The van der Waals surface area contributed by atoms with Crippen molar-refractivity contribution in [3.8, 4) is 5.75 Å². The molecular weight excluding hydrogens is 340 g/mol. The number of para-hydroxylation sites is 1. The Kier molecular flexibility index (Phi) is 3.61. The Hall–Kier alpha value is -2.39. The highest BCUT2D eigenvalue weighted by Crippen LogP contribution is 2.27. The first-order valence-corrected chi connectivity index (χ1v) is 9.74. The number of aromatic amines is 1. The molecule has 0 atom stereocenters. The summed E-state index contributed by atoms with van der Waals surface area (Å²) in [6.45, 7) is 0. The average molecular weight is 352 g/mol. The van der Waals surface area contributed by atoms with E-state index in [0.717, 1.165) is 6.26 Å². The fraction of sp³-hybridized carbons (Fsp3) is 0.0714. The first kappa shape index (κ1) is 15.5. The molecule has 0 spiro atoms. The number of hydrogen-bond acceptors (Lipinski definition) is 6. The smallest absolute Gasteiger partial charge is 0.339 e. The predicted molar refractivity (Wildman–Crippen MR) is 83.5 cm³/mol. The number of nitrogens with zero attached hydrogens (tertiary/aromatic N) is 1. The maximum absolute atomic E-state index is 12.4. The van der Waals surface area contributed by atoms with Crippen LogP contribution in [0.15, 0.2) is 58.5 Å². The van der Waals surface area contributed by atoms with Crippen LogP contribution < -0.4 is 4.18 Å². The number of sulfone groups is 1. The molecule has 1 aromatic heterocycles. The van der Waals surface area contributed by atoms with Gasteiger partial charge in [0.2, 0.25) is 0 Å². The van der Waals surface area contributed by atoms with Crippen molar-refractivity contribution < 1.29 is 21.0 Å². The van der Waals surface area contributed by atoms with E-state index in [-0.39, 0.29) is 15.5 Å². The molecule has 23 heavy (non-hydrogen) atoms. The molecule has 9 heteroatoms. The van der Waals surface area contributed by atoms with E-state index in [2.05, 4.69) is 10.2 Å². The van der Waals surface area contributed by atoms with Gasteiger partial charge in [0.15, 0.2) is 15.6 Å². The van der Waals surface area contributed by atoms with E-state index in [1.807, 2.05) is 0 Å². The fourth-order valence-electron chi connectivity index (χ4n) is 2.07. The molecule has 1 heterocycles. The van der Waals surface area contributed by atoms with E-state index in [0.29, 0.717) is 10.9 Å². The minimum Gasteiger partial charge on any atom is -0.378 e. The van der Waals surface area contributed by atoms with E-state index in [4.69, 9.17) is 4.18 Å². The summed E-state index contributed by atoms with van der Waals surface area (Å²) < 4.78 is 53.3. The molecule has 0 aliphatic rings. The molecule has 0 aliphatic carbocycles. The predicted octanol–water partition coefficient (Wildman–Crippen LogP) is 1.73. The highest BCUT2D eigenvalue weighted by Gasteiger charge is 2.22. The monoisotopic (exact) mass is 352 g/mol. The Morgan fingerprint density at radius 1 is 1.04 bits per heavy atom. The third-order valence-corrected chi connectivity index (χ3v) is 5.51. The zero-order valence-electron chi connectivity index (χ0n) is 11.9. The van der Waals surface area contributed by atoms with Crippen LogP contribution in [0.1, 0.15) is 0 Å². The lowest BCUT2D eigenvalue weighted by atomic mass is 10.3. The van der Waals surface area contributed by atoms with Crippen LogP contribution in [0.4, 0.5) is 0 Å². The van der Waals surface area contributed by atoms with Crippen molar-refractivity contribution in [1.82, 2.24) is 10.2 Å². The minimum atomic E-state index is -4.17. The van der Waals surface area contributed by atoms with E-state index in [1.165, 1.54) is 42.6 Å². The molecule has 120 valence electrons. The molecule has 0 aliphatic heterocycles. The van der Waals surface area contributed by atoms with Crippen LogP contribution in [0.25, 0.3) is 10.9 Å². The van der Waals surface area contributed by atoms with Crippen molar-refractivity contribution in [2.75, 3.05) is 6.26 Å². The summed E-state index contributed by atoms with van der Waals surface area (Å²) in [6.07, 6.45) is 2.47. The molecule has 0 amide bonds. The average Bonchev–Trinajstić information content (AvgIpc) is 2.93. The Labute approximate surface area is 133 Å². The van der Waals surface area contributed by atoms with Gasteiger partial charge in [-0.2, -0.15) is 13.5 Å². The van der Waals surface area contributed by atoms with Gasteiger partial charge in [0.25, 0.3) is 0 Å². The van der Waals surface area contributed by atoms with Crippen molar-refractivity contribution in [1.29, 1.82) is 0 Å². The molecule has 0 fully saturated rings. The number of fused-ring (bicyclic) bond motifs is 1. The van der Waals surface area contributed by atoms with E-state index >= 15 is 0 Å². The summed E-state index contributed by atoms with van der Waals surface area (Å²) >= 11 is 0. The number of H-pyrrole nitrogens is 1. The second-order valence-corrected chi connectivity index (χ2v) is 8.41. The molecule has 0 radical (unpaired) electrons. The second-order valence-electron chi connectivity index (χ2n) is 4.88. The van der Waals surface area contributed by atoms with E-state index < -0.39 is 20.0 Å². The lowest BCUT2D eigenvalue weighted by Gasteiger charge is -2.10. The third kappa shape index (κ3) is 3.06. The van der Waals surface area contributed by atoms with E-state index in [9.17, 15) is 16.8 Å². The SMILES string of the molecule is CS(=O)(=O)c1ccccc1OS(=O)(=O)c1ccc2[nH]ncc2c1. The molecule has 1 N–H and O–H groups in total. The quantitative estimate of drug-likeness (QED) is 0.717. The highest BCUT2D eigenvalue weighted by molar-refractivity contribution is 7.91. The zero-order valence-corrected chi connectivity index (χ0v) is 13.6. The molecule has 7 nitrogen and oxygen atoms in total. The van der Waals surface area contributed by atoms with Crippen molar-refractivity contribution in [2.24, 2.45) is 0 Å². The molecule has 3 aromatic rings. The Balaban J connectivity index is 2.05. The second kappa shape index (κ2) is 5.36. The van der Waals surface area contributed by atoms with Crippen molar-refractivity contribution >= 4 is 30.9 Å². The highest BCUT2D eigenvalue weighted by atomic mass is 32.2. The largest absolute Gasteiger partial charge is 0.378 e. The molecule has 0 saturated carbocycles. The van der Waals surface area contributed by atoms with Crippen LogP contribution in [0.3, 0.4) is 0 Å². The Morgan fingerprint density at radius 2 is 1.78 bits per heavy atom. The maximum atomic E-state index is 12.4. The number of hydrogen-bond donors (Lipinski definition) is 1. The van der Waals surface area contributed by atoms with Gasteiger partial charge in [-0.3, -0.25) is 5.10 Å². The van der Waals surface area contributed by atoms with Gasteiger partial charge in [-0.25, -0.2) is 8.42 Å². The van der Waals surface area contributed by atoms with Gasteiger partial charge < -0.3 is 4.18 Å². The van der Waals surface area contributed by atoms with Crippen LogP contribution in [-0.2, 0) is 20.0 Å². The van der Waals surface area contributed by atoms with Crippen LogP contribution >= 0.6 is 0 Å². The first-order valence-electron chi connectivity index (χ1n) is 6.44. The van der Waals surface area contributed by atoms with Crippen LogP contribution in [0.2, 0.25) is 0 Å². The van der Waals surface area contributed by atoms with Gasteiger partial charge in [0.1, 0.15) is 9.79 Å². The number of benzene rings is 2. The number of nitrogens with one attached hydrogen (secondary N) is 1. The lowest BCUT2D eigenvalue weighted by Crippen LogP contribution is -2.12. The van der Waals surface area contributed by atoms with Gasteiger partial charge in [-0.05, 0) is 30.3 Å². The molecule has 0 bridgehead atoms. The molecular formula is C14H12N2O5S2. The lowest BCUT2D eigenvalue weighted by molar-refractivity contribution is 0.479. The van der Waals surface area contributed by atoms with Crippen molar-refractivity contribution in [2.45, 2.75) is 9.79 Å². The van der Waals surface area contributed by atoms with Crippen LogP contribution in [0.5, 0.6) is 5.75 Å². The molecule has 0 saturated heterocycles. The van der Waals surface area contributed by atoms with Crippen molar-refractivity contribution in [3.05, 3.63) is 48.7 Å². The van der Waals surface area contributed by atoms with Crippen LogP contribution in [0, 0.1) is 0 Å². The summed E-state index contributed by atoms with van der Waals surface area (Å²) in [5.41, 5.74) is 0.681. The normalized spacial score (nSPS) is 12.4. The van der Waals surface area contributed by atoms with Crippen LogP contribution in [-0.4, -0.2) is 33.3 Å². The van der Waals surface area contributed by atoms with E-state index in [1.54, 1.807) is 6.07 Å². The molecule has 0 unspecified atom stereocenters. The number of rotatable bonds is 4. The number of aromatic nitrogens is 2. The van der Waals surface area contributed by atoms with Gasteiger partial charge in [-0.15, -0.1) is 0 Å². The summed E-state index contributed by atoms with van der Waals surface area (Å²) in [7, 11) is -7.79. The standard InChI is InChI=1S/C14H12N2O5S2/c1-22(17,18)14-5-3-2-4-13(14)21-23(19,20)11-6-7-12-10(8-11)9-15-16-12/h2-9H,1H3,(H,15,16). The Bertz CT molecular complexity index is 1090. The summed E-state index contributed by atoms with van der Waals surface area (Å²) in [6, 6.07) is 9.90. The van der Waals surface area contributed by atoms with Crippen molar-refractivity contribution in [3.63, 3.8) is 0 Å². The molecule has 2 aromatic carbocycles. The first-order chi connectivity index (χ1) is 10.8. The fourth-order valence-corrected chi connectivity index (χ4v) is 3.91. The summed E-state index contributed by atoms with van der Waals surface area (Å²) in [5.74, 6) is -0.234. The molecule has 3 rings (SSSR count). The summed E-state index contributed by atoms with van der Waals surface area (Å²) in [5, 5.41) is 7.13. The Morgan fingerprint density at radius 3 is 2.52 bits per heavy atom. The van der Waals surface area contributed by atoms with Gasteiger partial charge in [0.05, 0.1) is 11.7 Å². The topological polar surface area (TPSA) is 106 Å². The summed E-state index contributed by atoms with van der Waals surface area (Å²) in [4.78, 5) is -0.275. The zero-order chi connectivity index (χ0) is 16.7. The van der Waals surface area contributed by atoms with Gasteiger partial charge >= 0.3 is 10.1 Å². The van der Waals surface area contributed by atoms with Gasteiger partial charge in [0, 0.05) is 11.6 Å². The minimum absolute atomic E-state index is 0.0882.